The fourth-order valence-corrected chi connectivity index (χ4v) is 4.41. The fourth-order valence-electron chi connectivity index (χ4n) is 2.81. The van der Waals surface area contributed by atoms with Gasteiger partial charge in [-0.25, -0.2) is 17.5 Å². The van der Waals surface area contributed by atoms with E-state index in [9.17, 15) is 12.8 Å². The molecule has 0 atom stereocenters. The van der Waals surface area contributed by atoms with Gasteiger partial charge in [0.05, 0.1) is 17.9 Å². The third-order valence-electron chi connectivity index (χ3n) is 4.42. The minimum absolute atomic E-state index is 0.145. The van der Waals surface area contributed by atoms with Gasteiger partial charge in [0.25, 0.3) is 0 Å². The summed E-state index contributed by atoms with van der Waals surface area (Å²) in [6.07, 6.45) is 5.19. The molecule has 4 nitrogen and oxygen atoms in total. The Morgan fingerprint density at radius 3 is 2.56 bits per heavy atom. The van der Waals surface area contributed by atoms with Crippen molar-refractivity contribution in [1.29, 1.82) is 0 Å². The zero-order valence-electron chi connectivity index (χ0n) is 15.5. The zero-order valence-corrected chi connectivity index (χ0v) is 16.3. The van der Waals surface area contributed by atoms with E-state index in [0.717, 1.165) is 37.7 Å². The third kappa shape index (κ3) is 5.96. The van der Waals surface area contributed by atoms with Gasteiger partial charge in [0.1, 0.15) is 0 Å². The monoisotopic (exact) mass is 371 g/mol. The van der Waals surface area contributed by atoms with Crippen LogP contribution in [0, 0.1) is 11.7 Å². The molecule has 1 aromatic rings. The maximum absolute atomic E-state index is 13.9. The zero-order chi connectivity index (χ0) is 18.5. The quantitative estimate of drug-likeness (QED) is 0.588. The lowest BCUT2D eigenvalue weighted by atomic mass is 10.1. The molecular weight excluding hydrogens is 341 g/mol. The van der Waals surface area contributed by atoms with Crippen molar-refractivity contribution in [2.45, 2.75) is 64.8 Å². The number of unbranched alkanes of at least 4 members (excludes halogenated alkanes) is 3. The van der Waals surface area contributed by atoms with Crippen molar-refractivity contribution >= 4 is 10.0 Å². The van der Waals surface area contributed by atoms with E-state index in [1.807, 2.05) is 13.8 Å². The molecule has 0 radical (unpaired) electrons. The first-order valence-electron chi connectivity index (χ1n) is 9.22. The molecule has 0 unspecified atom stereocenters. The van der Waals surface area contributed by atoms with Gasteiger partial charge in [0, 0.05) is 0 Å². The Hall–Kier alpha value is -1.14. The van der Waals surface area contributed by atoms with Gasteiger partial charge in [-0.3, -0.25) is 0 Å². The molecule has 0 heterocycles. The smallest absolute Gasteiger partial charge is 0.212 e. The van der Waals surface area contributed by atoms with Crippen molar-refractivity contribution in [3.05, 3.63) is 29.6 Å². The molecule has 2 rings (SSSR count). The van der Waals surface area contributed by atoms with Crippen molar-refractivity contribution in [3.63, 3.8) is 0 Å². The summed E-state index contributed by atoms with van der Waals surface area (Å²) in [7, 11) is -3.34. The Morgan fingerprint density at radius 2 is 1.96 bits per heavy atom. The summed E-state index contributed by atoms with van der Waals surface area (Å²) < 4.78 is 47.1. The Kier molecular flexibility index (Phi) is 6.86. The van der Waals surface area contributed by atoms with Gasteiger partial charge in [-0.15, -0.1) is 0 Å². The van der Waals surface area contributed by atoms with Crippen molar-refractivity contribution in [1.82, 2.24) is 4.72 Å². The Balaban J connectivity index is 2.05. The van der Waals surface area contributed by atoms with E-state index in [1.54, 1.807) is 12.1 Å². The summed E-state index contributed by atoms with van der Waals surface area (Å²) in [4.78, 5) is 0. The lowest BCUT2D eigenvalue weighted by molar-refractivity contribution is 0.259. The van der Waals surface area contributed by atoms with Gasteiger partial charge in [0.15, 0.2) is 11.6 Å². The SMILES string of the molecule is CCCCCCS(=O)(=O)NC1(c2ccc(F)c(OCC(C)C)c2)CC1. The molecule has 0 aromatic heterocycles. The molecule has 6 heteroatoms. The van der Waals surface area contributed by atoms with E-state index in [2.05, 4.69) is 11.6 Å². The first kappa shape index (κ1) is 20.2. The van der Waals surface area contributed by atoms with Gasteiger partial charge < -0.3 is 4.74 Å². The molecule has 1 aliphatic carbocycles. The van der Waals surface area contributed by atoms with E-state index >= 15 is 0 Å². The molecular formula is C19H30FNO3S. The number of sulfonamides is 1. The van der Waals surface area contributed by atoms with Crippen LogP contribution in [0.25, 0.3) is 0 Å². The summed E-state index contributed by atoms with van der Waals surface area (Å²) >= 11 is 0. The van der Waals surface area contributed by atoms with E-state index in [4.69, 9.17) is 4.74 Å². The van der Waals surface area contributed by atoms with Crippen LogP contribution in [-0.2, 0) is 15.6 Å². The van der Waals surface area contributed by atoms with Crippen LogP contribution in [0.4, 0.5) is 4.39 Å². The lowest BCUT2D eigenvalue weighted by Gasteiger charge is -2.19. The second-order valence-corrected chi connectivity index (χ2v) is 9.26. The summed E-state index contributed by atoms with van der Waals surface area (Å²) in [6.45, 7) is 6.52. The lowest BCUT2D eigenvalue weighted by Crippen LogP contribution is -2.36. The average Bonchev–Trinajstić information content (AvgIpc) is 3.30. The number of nitrogens with one attached hydrogen (secondary N) is 1. The Bertz CT molecular complexity index is 669. The van der Waals surface area contributed by atoms with Crippen LogP contribution in [0.2, 0.25) is 0 Å². The highest BCUT2D eigenvalue weighted by atomic mass is 32.2. The van der Waals surface area contributed by atoms with E-state index in [0.29, 0.717) is 18.9 Å². The van der Waals surface area contributed by atoms with E-state index in [-0.39, 0.29) is 11.5 Å². The molecule has 1 N–H and O–H groups in total. The third-order valence-corrected chi connectivity index (χ3v) is 5.95. The fraction of sp³-hybridized carbons (Fsp3) is 0.684. The minimum atomic E-state index is -3.34. The predicted octanol–water partition coefficient (Wildman–Crippen LogP) is 4.35. The molecule has 1 saturated carbocycles. The summed E-state index contributed by atoms with van der Waals surface area (Å²) in [5.74, 6) is 0.217. The molecule has 0 bridgehead atoms. The molecule has 0 spiro atoms. The van der Waals surface area contributed by atoms with Crippen molar-refractivity contribution in [2.75, 3.05) is 12.4 Å². The Labute approximate surface area is 151 Å². The molecule has 25 heavy (non-hydrogen) atoms. The number of rotatable bonds is 11. The standard InChI is InChI=1S/C19H30FNO3S/c1-4-5-6-7-12-25(22,23)21-19(10-11-19)16-8-9-17(20)18(13-16)24-14-15(2)3/h8-9,13,15,21H,4-7,10-12,14H2,1-3H3. The van der Waals surface area contributed by atoms with Crippen LogP contribution in [0.15, 0.2) is 18.2 Å². The maximum atomic E-state index is 13.9. The van der Waals surface area contributed by atoms with Crippen molar-refractivity contribution in [2.24, 2.45) is 5.92 Å². The Morgan fingerprint density at radius 1 is 1.24 bits per heavy atom. The van der Waals surface area contributed by atoms with Gasteiger partial charge in [-0.05, 0) is 42.9 Å². The maximum Gasteiger partial charge on any atom is 0.212 e. The van der Waals surface area contributed by atoms with E-state index in [1.165, 1.54) is 6.07 Å². The highest BCUT2D eigenvalue weighted by molar-refractivity contribution is 7.89. The molecule has 0 amide bonds. The van der Waals surface area contributed by atoms with Crippen LogP contribution in [0.5, 0.6) is 5.75 Å². The van der Waals surface area contributed by atoms with Crippen LogP contribution in [-0.4, -0.2) is 20.8 Å². The van der Waals surface area contributed by atoms with Crippen LogP contribution < -0.4 is 9.46 Å². The van der Waals surface area contributed by atoms with Gasteiger partial charge in [-0.1, -0.05) is 46.1 Å². The van der Waals surface area contributed by atoms with Crippen LogP contribution in [0.1, 0.15) is 64.9 Å². The summed E-state index contributed by atoms with van der Waals surface area (Å²) in [5.41, 5.74) is 0.192. The predicted molar refractivity (Wildman–Crippen MR) is 98.7 cm³/mol. The second kappa shape index (κ2) is 8.49. The summed E-state index contributed by atoms with van der Waals surface area (Å²) in [5, 5.41) is 0. The molecule has 1 aliphatic rings. The number of benzene rings is 1. The van der Waals surface area contributed by atoms with Crippen LogP contribution in [0.3, 0.4) is 0 Å². The summed E-state index contributed by atoms with van der Waals surface area (Å²) in [6, 6.07) is 4.66. The van der Waals surface area contributed by atoms with Crippen molar-refractivity contribution in [3.8, 4) is 5.75 Å². The second-order valence-electron chi connectivity index (χ2n) is 7.41. The first-order chi connectivity index (χ1) is 11.8. The van der Waals surface area contributed by atoms with Gasteiger partial charge in [-0.2, -0.15) is 0 Å². The normalized spacial score (nSPS) is 16.2. The number of halogens is 1. The number of ether oxygens (including phenoxy) is 1. The van der Waals surface area contributed by atoms with E-state index < -0.39 is 21.4 Å². The van der Waals surface area contributed by atoms with Gasteiger partial charge >= 0.3 is 0 Å². The molecule has 142 valence electrons. The van der Waals surface area contributed by atoms with Gasteiger partial charge in [0.2, 0.25) is 10.0 Å². The largest absolute Gasteiger partial charge is 0.490 e. The first-order valence-corrected chi connectivity index (χ1v) is 10.9. The molecule has 1 aromatic carbocycles. The molecule has 0 aliphatic heterocycles. The molecule has 0 saturated heterocycles. The number of hydrogen-bond acceptors (Lipinski definition) is 3. The highest BCUT2D eigenvalue weighted by Crippen LogP contribution is 2.47. The average molecular weight is 372 g/mol. The van der Waals surface area contributed by atoms with Crippen molar-refractivity contribution < 1.29 is 17.5 Å². The number of hydrogen-bond donors (Lipinski definition) is 1. The van der Waals surface area contributed by atoms with Crippen LogP contribution >= 0.6 is 0 Å². The highest BCUT2D eigenvalue weighted by Gasteiger charge is 2.47. The topological polar surface area (TPSA) is 55.4 Å². The molecule has 1 fully saturated rings. The minimum Gasteiger partial charge on any atom is -0.490 e.